The highest BCUT2D eigenvalue weighted by atomic mass is 79.9. The monoisotopic (exact) mass is 447 g/mol. The number of aromatic nitrogens is 2. The molecule has 0 saturated carbocycles. The molecular weight excluding hydrogens is 430 g/mol. The molecule has 0 aliphatic heterocycles. The minimum atomic E-state index is -0.163. The summed E-state index contributed by atoms with van der Waals surface area (Å²) in [5, 5.41) is 3.77. The van der Waals surface area contributed by atoms with Crippen molar-refractivity contribution in [3.05, 3.63) is 88.7 Å². The number of nitrogens with zero attached hydrogens (tertiary/aromatic N) is 2. The number of ether oxygens (including phenoxy) is 1. The van der Waals surface area contributed by atoms with Crippen LogP contribution < -0.4 is 10.1 Å². The number of hydrogen-bond donors (Lipinski definition) is 1. The first-order valence-electron chi connectivity index (χ1n) is 9.06. The van der Waals surface area contributed by atoms with E-state index >= 15 is 0 Å². The first-order valence-corrected chi connectivity index (χ1v) is 9.85. The Morgan fingerprint density at radius 1 is 1.10 bits per heavy atom. The molecule has 4 rings (SSSR count). The molecule has 1 amide bonds. The van der Waals surface area contributed by atoms with Crippen molar-refractivity contribution in [1.29, 1.82) is 0 Å². The molecule has 2 aromatic carbocycles. The van der Waals surface area contributed by atoms with Crippen LogP contribution in [0.4, 0.5) is 0 Å². The zero-order valence-corrected chi connectivity index (χ0v) is 17.3. The average molecular weight is 448 g/mol. The maximum absolute atomic E-state index is 13.1. The highest BCUT2D eigenvalue weighted by Gasteiger charge is 2.15. The molecule has 0 bridgehead atoms. The highest BCUT2D eigenvalue weighted by Crippen LogP contribution is 2.29. The Morgan fingerprint density at radius 3 is 2.79 bits per heavy atom. The van der Waals surface area contributed by atoms with E-state index in [1.54, 1.807) is 19.5 Å². The number of nitrogens with one attached hydrogen (secondary N) is 1. The Bertz CT molecular complexity index is 1180. The van der Waals surface area contributed by atoms with Gasteiger partial charge in [0, 0.05) is 34.4 Å². The van der Waals surface area contributed by atoms with Crippen molar-refractivity contribution in [1.82, 2.24) is 15.3 Å². The van der Waals surface area contributed by atoms with Crippen molar-refractivity contribution in [2.45, 2.75) is 6.54 Å². The SMILES string of the molecule is COc1cccc(-c2cc(C(=O)NCc3cccnc3)c3cc(Br)ccc3n2)c1. The van der Waals surface area contributed by atoms with Crippen LogP contribution in [0.1, 0.15) is 15.9 Å². The Hall–Kier alpha value is -3.25. The number of methoxy groups -OCH3 is 1. The van der Waals surface area contributed by atoms with Gasteiger partial charge in [-0.05, 0) is 48.0 Å². The molecule has 5 nitrogen and oxygen atoms in total. The van der Waals surface area contributed by atoms with E-state index in [0.29, 0.717) is 17.8 Å². The molecule has 4 aromatic rings. The van der Waals surface area contributed by atoms with E-state index < -0.39 is 0 Å². The fraction of sp³-hybridized carbons (Fsp3) is 0.0870. The number of pyridine rings is 2. The lowest BCUT2D eigenvalue weighted by molar-refractivity contribution is 0.0952. The minimum Gasteiger partial charge on any atom is -0.497 e. The summed E-state index contributed by atoms with van der Waals surface area (Å²) in [4.78, 5) is 21.9. The molecule has 1 N–H and O–H groups in total. The summed E-state index contributed by atoms with van der Waals surface area (Å²) in [6.45, 7) is 0.402. The summed E-state index contributed by atoms with van der Waals surface area (Å²) in [6.07, 6.45) is 3.45. The van der Waals surface area contributed by atoms with Gasteiger partial charge in [-0.25, -0.2) is 4.98 Å². The molecule has 0 saturated heterocycles. The molecule has 2 heterocycles. The second-order valence-corrected chi connectivity index (χ2v) is 7.41. The number of fused-ring (bicyclic) bond motifs is 1. The summed E-state index contributed by atoms with van der Waals surface area (Å²) in [6, 6.07) is 19.0. The largest absolute Gasteiger partial charge is 0.497 e. The number of benzene rings is 2. The maximum atomic E-state index is 13.1. The van der Waals surface area contributed by atoms with Crippen LogP contribution in [0.25, 0.3) is 22.2 Å². The van der Waals surface area contributed by atoms with Crippen LogP contribution in [-0.2, 0) is 6.54 Å². The van der Waals surface area contributed by atoms with Gasteiger partial charge < -0.3 is 10.1 Å². The van der Waals surface area contributed by atoms with Gasteiger partial charge in [0.05, 0.1) is 23.9 Å². The predicted octanol–water partition coefficient (Wildman–Crippen LogP) is 5.00. The minimum absolute atomic E-state index is 0.163. The van der Waals surface area contributed by atoms with Crippen molar-refractivity contribution in [3.8, 4) is 17.0 Å². The standard InChI is InChI=1S/C23H18BrN3O2/c1-29-18-6-2-5-16(10-18)22-12-20(19-11-17(24)7-8-21(19)27-22)23(28)26-14-15-4-3-9-25-13-15/h2-13H,14H2,1H3,(H,26,28). The van der Waals surface area contributed by atoms with Crippen molar-refractivity contribution in [2.75, 3.05) is 7.11 Å². The van der Waals surface area contributed by atoms with Gasteiger partial charge in [-0.1, -0.05) is 34.1 Å². The number of hydrogen-bond acceptors (Lipinski definition) is 4. The summed E-state index contributed by atoms with van der Waals surface area (Å²) in [5.74, 6) is 0.575. The molecule has 6 heteroatoms. The van der Waals surface area contributed by atoms with Crippen LogP contribution in [0.3, 0.4) is 0 Å². The van der Waals surface area contributed by atoms with Gasteiger partial charge in [0.25, 0.3) is 5.91 Å². The van der Waals surface area contributed by atoms with Gasteiger partial charge in [-0.2, -0.15) is 0 Å². The number of carbonyl (C=O) groups is 1. The second-order valence-electron chi connectivity index (χ2n) is 6.49. The lowest BCUT2D eigenvalue weighted by atomic mass is 10.0. The van der Waals surface area contributed by atoms with Gasteiger partial charge >= 0.3 is 0 Å². The van der Waals surface area contributed by atoms with E-state index in [9.17, 15) is 4.79 Å². The number of amides is 1. The topological polar surface area (TPSA) is 64.1 Å². The fourth-order valence-corrected chi connectivity index (χ4v) is 3.46. The van der Waals surface area contributed by atoms with Gasteiger partial charge in [-0.15, -0.1) is 0 Å². The molecule has 0 spiro atoms. The van der Waals surface area contributed by atoms with Crippen molar-refractivity contribution < 1.29 is 9.53 Å². The zero-order chi connectivity index (χ0) is 20.2. The zero-order valence-electron chi connectivity index (χ0n) is 15.7. The molecule has 144 valence electrons. The van der Waals surface area contributed by atoms with E-state index in [-0.39, 0.29) is 5.91 Å². The summed E-state index contributed by atoms with van der Waals surface area (Å²) >= 11 is 3.49. The van der Waals surface area contributed by atoms with Crippen LogP contribution >= 0.6 is 15.9 Å². The molecule has 0 radical (unpaired) electrons. The van der Waals surface area contributed by atoms with Gasteiger partial charge in [0.1, 0.15) is 5.75 Å². The predicted molar refractivity (Wildman–Crippen MR) is 117 cm³/mol. The Balaban J connectivity index is 1.76. The molecule has 0 aliphatic carbocycles. The average Bonchev–Trinajstić information content (AvgIpc) is 2.77. The summed E-state index contributed by atoms with van der Waals surface area (Å²) < 4.78 is 6.22. The Morgan fingerprint density at radius 2 is 2.00 bits per heavy atom. The normalized spacial score (nSPS) is 10.7. The summed E-state index contributed by atoms with van der Waals surface area (Å²) in [5.41, 5.74) is 3.85. The molecule has 29 heavy (non-hydrogen) atoms. The van der Waals surface area contributed by atoms with Crippen molar-refractivity contribution in [3.63, 3.8) is 0 Å². The van der Waals surface area contributed by atoms with E-state index in [4.69, 9.17) is 9.72 Å². The van der Waals surface area contributed by atoms with Crippen LogP contribution in [0.15, 0.2) is 77.5 Å². The van der Waals surface area contributed by atoms with Gasteiger partial charge in [-0.3, -0.25) is 9.78 Å². The lowest BCUT2D eigenvalue weighted by Crippen LogP contribution is -2.23. The van der Waals surface area contributed by atoms with Crippen LogP contribution in [0, 0.1) is 0 Å². The third-order valence-corrected chi connectivity index (χ3v) is 5.05. The molecule has 0 fully saturated rings. The van der Waals surface area contributed by atoms with E-state index in [0.717, 1.165) is 32.3 Å². The van der Waals surface area contributed by atoms with Crippen LogP contribution in [-0.4, -0.2) is 23.0 Å². The summed E-state index contributed by atoms with van der Waals surface area (Å²) in [7, 11) is 1.63. The van der Waals surface area contributed by atoms with Gasteiger partial charge in [0.2, 0.25) is 0 Å². The van der Waals surface area contributed by atoms with E-state index in [2.05, 4.69) is 26.2 Å². The number of halogens is 1. The maximum Gasteiger partial charge on any atom is 0.252 e. The molecule has 0 atom stereocenters. The number of carbonyl (C=O) groups excluding carboxylic acids is 1. The van der Waals surface area contributed by atoms with E-state index in [1.165, 1.54) is 0 Å². The second kappa shape index (κ2) is 8.41. The fourth-order valence-electron chi connectivity index (χ4n) is 3.10. The Labute approximate surface area is 176 Å². The first-order chi connectivity index (χ1) is 14.1. The van der Waals surface area contributed by atoms with Crippen molar-refractivity contribution in [2.24, 2.45) is 0 Å². The third kappa shape index (κ3) is 4.27. The smallest absolute Gasteiger partial charge is 0.252 e. The third-order valence-electron chi connectivity index (χ3n) is 4.56. The van der Waals surface area contributed by atoms with Crippen molar-refractivity contribution >= 4 is 32.7 Å². The Kier molecular flexibility index (Phi) is 5.53. The molecule has 2 aromatic heterocycles. The quantitative estimate of drug-likeness (QED) is 0.467. The van der Waals surface area contributed by atoms with E-state index in [1.807, 2.05) is 60.7 Å². The lowest BCUT2D eigenvalue weighted by Gasteiger charge is -2.12. The molecule has 0 aliphatic rings. The van der Waals surface area contributed by atoms with Gasteiger partial charge in [0.15, 0.2) is 0 Å². The van der Waals surface area contributed by atoms with Crippen LogP contribution in [0.2, 0.25) is 0 Å². The highest BCUT2D eigenvalue weighted by molar-refractivity contribution is 9.10. The number of rotatable bonds is 5. The van der Waals surface area contributed by atoms with Crippen LogP contribution in [0.5, 0.6) is 5.75 Å². The first kappa shape index (κ1) is 19.1. The molecular formula is C23H18BrN3O2. The molecule has 0 unspecified atom stereocenters.